The van der Waals surface area contributed by atoms with Crippen molar-refractivity contribution < 1.29 is 18.7 Å². The zero-order chi connectivity index (χ0) is 13.5. The van der Waals surface area contributed by atoms with Crippen LogP contribution in [0.4, 0.5) is 0 Å². The lowest BCUT2D eigenvalue weighted by atomic mass is 10.1. The lowest BCUT2D eigenvalue weighted by molar-refractivity contribution is 0.0625. The number of carbonyl (C=O) groups excluding carboxylic acids is 1. The Hall–Kier alpha value is -1.33. The van der Waals surface area contributed by atoms with Gasteiger partial charge in [0.15, 0.2) is 0 Å². The molecule has 1 heterocycles. The number of aryl methyl sites for hydroxylation is 2. The van der Waals surface area contributed by atoms with Gasteiger partial charge in [-0.2, -0.15) is 0 Å². The van der Waals surface area contributed by atoms with Gasteiger partial charge in [0, 0.05) is 32.9 Å². The van der Waals surface area contributed by atoms with Crippen LogP contribution in [0.2, 0.25) is 0 Å². The van der Waals surface area contributed by atoms with Gasteiger partial charge in [0.2, 0.25) is 0 Å². The Morgan fingerprint density at radius 2 is 1.78 bits per heavy atom. The van der Waals surface area contributed by atoms with Crippen molar-refractivity contribution in [2.75, 3.05) is 40.5 Å². The summed E-state index contributed by atoms with van der Waals surface area (Å²) in [6, 6.07) is 0. The quantitative estimate of drug-likeness (QED) is 0.743. The van der Waals surface area contributed by atoms with Crippen molar-refractivity contribution in [1.29, 1.82) is 0 Å². The summed E-state index contributed by atoms with van der Waals surface area (Å²) in [5.41, 5.74) is 1.50. The summed E-state index contributed by atoms with van der Waals surface area (Å²) in [5.74, 6) is 0.616. The molecule has 1 aromatic rings. The largest absolute Gasteiger partial charge is 0.469 e. The normalized spacial score (nSPS) is 10.7. The van der Waals surface area contributed by atoms with Crippen LogP contribution < -0.4 is 0 Å². The molecule has 0 aliphatic rings. The summed E-state index contributed by atoms with van der Waals surface area (Å²) in [4.78, 5) is 14.1. The number of rotatable bonds is 7. The zero-order valence-electron chi connectivity index (χ0n) is 11.5. The van der Waals surface area contributed by atoms with Gasteiger partial charge >= 0.3 is 0 Å². The third kappa shape index (κ3) is 3.58. The van der Waals surface area contributed by atoms with Crippen LogP contribution in [0.25, 0.3) is 0 Å². The number of amides is 1. The topological polar surface area (TPSA) is 51.9 Å². The molecule has 0 spiro atoms. The molecule has 102 valence electrons. The van der Waals surface area contributed by atoms with Gasteiger partial charge in [-0.05, 0) is 13.8 Å². The number of hydrogen-bond donors (Lipinski definition) is 0. The van der Waals surface area contributed by atoms with Gasteiger partial charge in [0.05, 0.1) is 25.0 Å². The van der Waals surface area contributed by atoms with E-state index in [4.69, 9.17) is 13.9 Å². The molecule has 0 fully saturated rings. The maximum Gasteiger partial charge on any atom is 0.257 e. The van der Waals surface area contributed by atoms with Crippen molar-refractivity contribution in [2.24, 2.45) is 0 Å². The van der Waals surface area contributed by atoms with E-state index in [-0.39, 0.29) is 5.91 Å². The minimum absolute atomic E-state index is 0.0344. The molecule has 0 radical (unpaired) electrons. The van der Waals surface area contributed by atoms with Crippen LogP contribution in [0.3, 0.4) is 0 Å². The third-order valence-electron chi connectivity index (χ3n) is 2.79. The summed E-state index contributed by atoms with van der Waals surface area (Å²) in [7, 11) is 3.24. The molecule has 0 atom stereocenters. The van der Waals surface area contributed by atoms with Crippen LogP contribution in [0, 0.1) is 13.8 Å². The SMILES string of the molecule is COCCN(CCOC)C(=O)c1c(C)coc1C. The monoisotopic (exact) mass is 255 g/mol. The number of ether oxygens (including phenoxy) is 2. The lowest BCUT2D eigenvalue weighted by Gasteiger charge is -2.22. The van der Waals surface area contributed by atoms with Gasteiger partial charge in [-0.25, -0.2) is 0 Å². The third-order valence-corrected chi connectivity index (χ3v) is 2.79. The maximum atomic E-state index is 12.4. The first kappa shape index (κ1) is 14.7. The van der Waals surface area contributed by atoms with Gasteiger partial charge in [0.1, 0.15) is 5.76 Å². The van der Waals surface area contributed by atoms with Gasteiger partial charge in [-0.3, -0.25) is 4.79 Å². The van der Waals surface area contributed by atoms with E-state index >= 15 is 0 Å². The molecular formula is C13H21NO4. The Morgan fingerprint density at radius 1 is 1.22 bits per heavy atom. The number of furan rings is 1. The van der Waals surface area contributed by atoms with Crippen molar-refractivity contribution in [3.63, 3.8) is 0 Å². The van der Waals surface area contributed by atoms with Gasteiger partial charge in [0.25, 0.3) is 5.91 Å². The smallest absolute Gasteiger partial charge is 0.257 e. The molecule has 5 nitrogen and oxygen atoms in total. The Kier molecular flexibility index (Phi) is 5.88. The molecule has 0 N–H and O–H groups in total. The van der Waals surface area contributed by atoms with Gasteiger partial charge in [-0.15, -0.1) is 0 Å². The number of methoxy groups -OCH3 is 2. The zero-order valence-corrected chi connectivity index (χ0v) is 11.5. The van der Waals surface area contributed by atoms with Gasteiger partial charge < -0.3 is 18.8 Å². The van der Waals surface area contributed by atoms with Crippen LogP contribution in [0.5, 0.6) is 0 Å². The summed E-state index contributed by atoms with van der Waals surface area (Å²) in [5, 5.41) is 0. The molecule has 0 aromatic carbocycles. The minimum Gasteiger partial charge on any atom is -0.469 e. The fourth-order valence-electron chi connectivity index (χ4n) is 1.77. The maximum absolute atomic E-state index is 12.4. The molecule has 18 heavy (non-hydrogen) atoms. The molecule has 0 aliphatic carbocycles. The summed E-state index contributed by atoms with van der Waals surface area (Å²) < 4.78 is 15.3. The second kappa shape index (κ2) is 7.18. The fraction of sp³-hybridized carbons (Fsp3) is 0.615. The van der Waals surface area contributed by atoms with Crippen LogP contribution in [-0.4, -0.2) is 51.3 Å². The Balaban J connectivity index is 2.80. The number of carbonyl (C=O) groups is 1. The Bertz CT molecular complexity index is 359. The summed E-state index contributed by atoms with van der Waals surface area (Å²) in [6.45, 7) is 5.77. The molecule has 0 bridgehead atoms. The van der Waals surface area contributed by atoms with Crippen molar-refractivity contribution in [3.8, 4) is 0 Å². The first-order chi connectivity index (χ1) is 8.61. The molecular weight excluding hydrogens is 234 g/mol. The number of hydrogen-bond acceptors (Lipinski definition) is 4. The molecule has 0 saturated carbocycles. The van der Waals surface area contributed by atoms with Crippen LogP contribution in [0.15, 0.2) is 10.7 Å². The lowest BCUT2D eigenvalue weighted by Crippen LogP contribution is -2.36. The average molecular weight is 255 g/mol. The number of nitrogens with zero attached hydrogens (tertiary/aromatic N) is 1. The van der Waals surface area contributed by atoms with E-state index in [1.807, 2.05) is 6.92 Å². The standard InChI is InChI=1S/C13H21NO4/c1-10-9-18-11(2)12(10)13(15)14(5-7-16-3)6-8-17-4/h9H,5-8H2,1-4H3. The van der Waals surface area contributed by atoms with E-state index in [1.54, 1.807) is 32.3 Å². The highest BCUT2D eigenvalue weighted by Gasteiger charge is 2.21. The highest BCUT2D eigenvalue weighted by atomic mass is 16.5. The van der Waals surface area contributed by atoms with Crippen molar-refractivity contribution in [1.82, 2.24) is 4.90 Å². The molecule has 1 rings (SSSR count). The Labute approximate surface area is 108 Å². The molecule has 5 heteroatoms. The van der Waals surface area contributed by atoms with Crippen LogP contribution in [0.1, 0.15) is 21.7 Å². The second-order valence-electron chi connectivity index (χ2n) is 4.13. The molecule has 1 amide bonds. The van der Waals surface area contributed by atoms with E-state index in [0.29, 0.717) is 37.6 Å². The summed E-state index contributed by atoms with van der Waals surface area (Å²) in [6.07, 6.45) is 1.60. The first-order valence-corrected chi connectivity index (χ1v) is 5.93. The van der Waals surface area contributed by atoms with E-state index in [2.05, 4.69) is 0 Å². The minimum atomic E-state index is -0.0344. The van der Waals surface area contributed by atoms with Crippen molar-refractivity contribution in [2.45, 2.75) is 13.8 Å². The van der Waals surface area contributed by atoms with E-state index in [1.165, 1.54) is 0 Å². The molecule has 0 unspecified atom stereocenters. The highest BCUT2D eigenvalue weighted by Crippen LogP contribution is 2.17. The van der Waals surface area contributed by atoms with E-state index in [0.717, 1.165) is 5.56 Å². The second-order valence-corrected chi connectivity index (χ2v) is 4.13. The first-order valence-electron chi connectivity index (χ1n) is 5.93. The predicted molar refractivity (Wildman–Crippen MR) is 67.8 cm³/mol. The average Bonchev–Trinajstić information content (AvgIpc) is 2.68. The van der Waals surface area contributed by atoms with E-state index < -0.39 is 0 Å². The van der Waals surface area contributed by atoms with Gasteiger partial charge in [-0.1, -0.05) is 0 Å². The van der Waals surface area contributed by atoms with Crippen molar-refractivity contribution >= 4 is 5.91 Å². The fourth-order valence-corrected chi connectivity index (χ4v) is 1.77. The molecule has 1 aromatic heterocycles. The highest BCUT2D eigenvalue weighted by molar-refractivity contribution is 5.96. The van der Waals surface area contributed by atoms with Crippen LogP contribution >= 0.6 is 0 Å². The molecule has 0 aliphatic heterocycles. The summed E-state index contributed by atoms with van der Waals surface area (Å²) >= 11 is 0. The van der Waals surface area contributed by atoms with E-state index in [9.17, 15) is 4.79 Å². The Morgan fingerprint density at radius 3 is 2.17 bits per heavy atom. The van der Waals surface area contributed by atoms with Crippen molar-refractivity contribution in [3.05, 3.63) is 23.2 Å². The van der Waals surface area contributed by atoms with Crippen LogP contribution in [-0.2, 0) is 9.47 Å². The molecule has 0 saturated heterocycles. The predicted octanol–water partition coefficient (Wildman–Crippen LogP) is 1.63.